The summed E-state index contributed by atoms with van der Waals surface area (Å²) in [5.41, 5.74) is 0.512. The molecule has 1 heterocycles. The van der Waals surface area contributed by atoms with E-state index in [2.05, 4.69) is 30.5 Å². The molecule has 172 valence electrons. The lowest BCUT2D eigenvalue weighted by Gasteiger charge is -2.31. The lowest BCUT2D eigenvalue weighted by atomic mass is 9.95. The van der Waals surface area contributed by atoms with E-state index in [1.807, 2.05) is 7.05 Å². The van der Waals surface area contributed by atoms with Crippen LogP contribution in [0.4, 0.5) is 27.9 Å². The van der Waals surface area contributed by atoms with Crippen LogP contribution in [0.25, 0.3) is 0 Å². The molecule has 2 fully saturated rings. The average Bonchev–Trinajstić information content (AvgIpc) is 3.22. The number of rotatable bonds is 8. The van der Waals surface area contributed by atoms with Gasteiger partial charge in [-0.25, -0.2) is 4.39 Å². The van der Waals surface area contributed by atoms with E-state index in [0.29, 0.717) is 42.5 Å². The lowest BCUT2D eigenvalue weighted by Crippen LogP contribution is -2.35. The third kappa shape index (κ3) is 5.26. The lowest BCUT2D eigenvalue weighted by molar-refractivity contribution is -0.120. The molecule has 4 rings (SSSR count). The summed E-state index contributed by atoms with van der Waals surface area (Å²) in [5, 5.41) is 6.31. The van der Waals surface area contributed by atoms with Crippen molar-refractivity contribution in [3.63, 3.8) is 0 Å². The molecule has 0 saturated heterocycles. The van der Waals surface area contributed by atoms with Gasteiger partial charge in [0.1, 0.15) is 5.78 Å². The molecule has 0 spiro atoms. The number of benzene rings is 1. The van der Waals surface area contributed by atoms with Gasteiger partial charge >= 0.3 is 0 Å². The molecule has 0 bridgehead atoms. The van der Waals surface area contributed by atoms with Crippen LogP contribution in [0.3, 0.4) is 0 Å². The van der Waals surface area contributed by atoms with E-state index in [4.69, 9.17) is 4.74 Å². The van der Waals surface area contributed by atoms with Crippen molar-refractivity contribution in [1.29, 1.82) is 0 Å². The summed E-state index contributed by atoms with van der Waals surface area (Å²) < 4.78 is 19.1. The zero-order chi connectivity index (χ0) is 22.5. The molecule has 1 unspecified atom stereocenters. The second-order valence-corrected chi connectivity index (χ2v) is 8.60. The number of carbonyl (C=O) groups is 1. The fraction of sp³-hybridized carbons (Fsp3) is 0.565. The summed E-state index contributed by atoms with van der Waals surface area (Å²) in [6.07, 6.45) is 8.35. The molecule has 0 amide bonds. The topological polar surface area (TPSA) is 92.3 Å². The minimum absolute atomic E-state index is 0.00150. The Morgan fingerprint density at radius 2 is 1.88 bits per heavy atom. The van der Waals surface area contributed by atoms with Crippen LogP contribution in [0.1, 0.15) is 51.4 Å². The van der Waals surface area contributed by atoms with E-state index in [9.17, 15) is 9.18 Å². The Labute approximate surface area is 188 Å². The second kappa shape index (κ2) is 10.1. The minimum atomic E-state index is -0.468. The molecule has 2 aromatic rings. The van der Waals surface area contributed by atoms with Crippen molar-refractivity contribution in [2.24, 2.45) is 5.92 Å². The predicted molar refractivity (Wildman–Crippen MR) is 122 cm³/mol. The van der Waals surface area contributed by atoms with E-state index in [-0.39, 0.29) is 17.5 Å². The van der Waals surface area contributed by atoms with Gasteiger partial charge in [0.25, 0.3) is 0 Å². The third-order valence-electron chi connectivity index (χ3n) is 6.41. The first-order valence-electron chi connectivity index (χ1n) is 11.4. The van der Waals surface area contributed by atoms with E-state index in [1.54, 1.807) is 12.1 Å². The number of ether oxygens (including phenoxy) is 1. The van der Waals surface area contributed by atoms with Gasteiger partial charge in [-0.05, 0) is 37.8 Å². The second-order valence-electron chi connectivity index (χ2n) is 8.60. The molecular formula is C23H31FN6O2. The van der Waals surface area contributed by atoms with Crippen LogP contribution in [-0.2, 0) is 4.79 Å². The number of carbonyl (C=O) groups excluding carboxylic acids is 1. The first-order chi connectivity index (χ1) is 15.5. The molecule has 0 aliphatic heterocycles. The van der Waals surface area contributed by atoms with E-state index < -0.39 is 5.82 Å². The molecule has 2 saturated carbocycles. The van der Waals surface area contributed by atoms with Crippen LogP contribution in [0.15, 0.2) is 18.2 Å². The maximum absolute atomic E-state index is 14.1. The van der Waals surface area contributed by atoms with Crippen molar-refractivity contribution < 1.29 is 13.9 Å². The maximum atomic E-state index is 14.1. The van der Waals surface area contributed by atoms with Gasteiger partial charge in [-0.2, -0.15) is 15.0 Å². The molecule has 9 heteroatoms. The number of hydrogen-bond donors (Lipinski definition) is 2. The number of halogens is 1. The van der Waals surface area contributed by atoms with Gasteiger partial charge in [0.15, 0.2) is 11.6 Å². The molecule has 32 heavy (non-hydrogen) atoms. The highest BCUT2D eigenvalue weighted by Gasteiger charge is 2.25. The van der Waals surface area contributed by atoms with Crippen molar-refractivity contribution >= 4 is 29.3 Å². The highest BCUT2D eigenvalue weighted by molar-refractivity contribution is 5.83. The zero-order valence-electron chi connectivity index (χ0n) is 18.7. The zero-order valence-corrected chi connectivity index (χ0v) is 18.7. The fourth-order valence-corrected chi connectivity index (χ4v) is 4.48. The molecule has 1 atom stereocenters. The Balaban J connectivity index is 1.57. The Kier molecular flexibility index (Phi) is 7.02. The first kappa shape index (κ1) is 22.2. The summed E-state index contributed by atoms with van der Waals surface area (Å²) in [5.74, 6) is 1.29. The van der Waals surface area contributed by atoms with Gasteiger partial charge in [0.2, 0.25) is 17.8 Å². The maximum Gasteiger partial charge on any atom is 0.233 e. The monoisotopic (exact) mass is 442 g/mol. The summed E-state index contributed by atoms with van der Waals surface area (Å²) >= 11 is 0. The Bertz CT molecular complexity index is 950. The summed E-state index contributed by atoms with van der Waals surface area (Å²) in [6.45, 7) is 0.506. The smallest absolute Gasteiger partial charge is 0.233 e. The quantitative estimate of drug-likeness (QED) is 0.625. The largest absolute Gasteiger partial charge is 0.494 e. The standard InChI is InChI=1S/C23H31FN6O2/c1-30(17-8-4-3-5-9-17)23-28-21(25-14-15-7-6-10-19(15)31)27-22(29-23)26-16-11-12-20(32-2)18(24)13-16/h11-13,15,17H,3-10,14H2,1-2H3,(H2,25,26,27,28,29). The van der Waals surface area contributed by atoms with Crippen LogP contribution in [-0.4, -0.2) is 47.5 Å². The van der Waals surface area contributed by atoms with Gasteiger partial charge in [0, 0.05) is 43.7 Å². The molecule has 0 radical (unpaired) electrons. The minimum Gasteiger partial charge on any atom is -0.494 e. The van der Waals surface area contributed by atoms with Crippen LogP contribution in [0.2, 0.25) is 0 Å². The van der Waals surface area contributed by atoms with Gasteiger partial charge in [-0.1, -0.05) is 19.3 Å². The van der Waals surface area contributed by atoms with E-state index in [0.717, 1.165) is 25.7 Å². The van der Waals surface area contributed by atoms with Crippen molar-refractivity contribution in [3.8, 4) is 5.75 Å². The van der Waals surface area contributed by atoms with Crippen LogP contribution < -0.4 is 20.3 Å². The van der Waals surface area contributed by atoms with Crippen molar-refractivity contribution in [2.75, 3.05) is 36.2 Å². The average molecular weight is 443 g/mol. The van der Waals surface area contributed by atoms with Crippen LogP contribution in [0.5, 0.6) is 5.75 Å². The molecule has 2 N–H and O–H groups in total. The molecule has 2 aliphatic rings. The fourth-order valence-electron chi connectivity index (χ4n) is 4.48. The number of nitrogens with one attached hydrogen (secondary N) is 2. The van der Waals surface area contributed by atoms with Crippen molar-refractivity contribution in [3.05, 3.63) is 24.0 Å². The first-order valence-corrected chi connectivity index (χ1v) is 11.4. The number of nitrogens with zero attached hydrogens (tertiary/aromatic N) is 4. The van der Waals surface area contributed by atoms with Gasteiger partial charge < -0.3 is 20.3 Å². The van der Waals surface area contributed by atoms with Crippen LogP contribution >= 0.6 is 0 Å². The number of ketones is 1. The highest BCUT2D eigenvalue weighted by Crippen LogP contribution is 2.27. The number of Topliss-reactive ketones (excluding diaryl/α,β-unsaturated/α-hetero) is 1. The SMILES string of the molecule is COc1ccc(Nc2nc(NCC3CCCC3=O)nc(N(C)C3CCCCC3)n2)cc1F. The summed E-state index contributed by atoms with van der Waals surface area (Å²) in [6, 6.07) is 4.98. The molecule has 1 aromatic carbocycles. The Morgan fingerprint density at radius 1 is 1.09 bits per heavy atom. The highest BCUT2D eigenvalue weighted by atomic mass is 19.1. The van der Waals surface area contributed by atoms with Gasteiger partial charge in [-0.15, -0.1) is 0 Å². The number of anilines is 4. The summed E-state index contributed by atoms with van der Waals surface area (Å²) in [4.78, 5) is 27.8. The Morgan fingerprint density at radius 3 is 2.56 bits per heavy atom. The van der Waals surface area contributed by atoms with Crippen molar-refractivity contribution in [2.45, 2.75) is 57.4 Å². The molecular weight excluding hydrogens is 411 g/mol. The third-order valence-corrected chi connectivity index (χ3v) is 6.41. The normalized spacial score (nSPS) is 19.1. The summed E-state index contributed by atoms with van der Waals surface area (Å²) in [7, 11) is 3.43. The molecule has 2 aliphatic carbocycles. The Hall–Kier alpha value is -2.97. The van der Waals surface area contributed by atoms with Crippen LogP contribution in [0, 0.1) is 11.7 Å². The number of hydrogen-bond acceptors (Lipinski definition) is 8. The number of methoxy groups -OCH3 is 1. The van der Waals surface area contributed by atoms with Gasteiger partial charge in [0.05, 0.1) is 7.11 Å². The predicted octanol–water partition coefficient (Wildman–Crippen LogP) is 4.31. The van der Waals surface area contributed by atoms with E-state index in [1.165, 1.54) is 32.4 Å². The molecule has 1 aromatic heterocycles. The van der Waals surface area contributed by atoms with E-state index >= 15 is 0 Å². The number of aromatic nitrogens is 3. The molecule has 8 nitrogen and oxygen atoms in total. The van der Waals surface area contributed by atoms with Gasteiger partial charge in [-0.3, -0.25) is 4.79 Å². The van der Waals surface area contributed by atoms with Crippen molar-refractivity contribution in [1.82, 2.24) is 15.0 Å².